The minimum atomic E-state index is 0.328. The Hall–Kier alpha value is -1.88. The number of rotatable bonds is 2. The number of para-hydroxylation sites is 1. The molecule has 19 heavy (non-hydrogen) atoms. The molecule has 3 rings (SSSR count). The van der Waals surface area contributed by atoms with Crippen molar-refractivity contribution in [1.82, 2.24) is 14.9 Å². The number of nitrogen functional groups attached to an aromatic ring is 1. The summed E-state index contributed by atoms with van der Waals surface area (Å²) in [5.74, 6) is 1.19. The van der Waals surface area contributed by atoms with Crippen LogP contribution in [0.5, 0.6) is 0 Å². The Balaban J connectivity index is 1.88. The zero-order valence-corrected chi connectivity index (χ0v) is 11.1. The summed E-state index contributed by atoms with van der Waals surface area (Å²) < 4.78 is 0. The maximum absolute atomic E-state index is 5.78. The predicted molar refractivity (Wildman–Crippen MR) is 78.1 cm³/mol. The van der Waals surface area contributed by atoms with E-state index in [2.05, 4.69) is 27.2 Å². The van der Waals surface area contributed by atoms with E-state index in [1.165, 1.54) is 0 Å². The van der Waals surface area contributed by atoms with Crippen LogP contribution in [-0.4, -0.2) is 41.0 Å². The Morgan fingerprint density at radius 3 is 2.74 bits per heavy atom. The molecule has 0 unspecified atom stereocenters. The first kappa shape index (κ1) is 12.2. The molecule has 0 spiro atoms. The Morgan fingerprint density at radius 2 is 1.95 bits per heavy atom. The standard InChI is InChI=1S/C14H19N5/c1-19-8-6-10(7-9-19)16-13-11-4-2-3-5-12(11)17-14(15)18-13/h2-5,10H,6-9H2,1H3,(H3,15,16,17,18). The van der Waals surface area contributed by atoms with Crippen LogP contribution < -0.4 is 11.1 Å². The molecule has 1 aliphatic heterocycles. The molecule has 0 bridgehead atoms. The van der Waals surface area contributed by atoms with Crippen LogP contribution in [0.15, 0.2) is 24.3 Å². The average Bonchev–Trinajstić information content (AvgIpc) is 2.41. The zero-order valence-electron chi connectivity index (χ0n) is 11.1. The van der Waals surface area contributed by atoms with E-state index in [1.54, 1.807) is 0 Å². The maximum Gasteiger partial charge on any atom is 0.222 e. The first-order chi connectivity index (χ1) is 9.22. The summed E-state index contributed by atoms with van der Waals surface area (Å²) in [7, 11) is 2.16. The van der Waals surface area contributed by atoms with Gasteiger partial charge in [-0.2, -0.15) is 4.98 Å². The van der Waals surface area contributed by atoms with Gasteiger partial charge in [-0.05, 0) is 45.1 Å². The van der Waals surface area contributed by atoms with Gasteiger partial charge in [0.1, 0.15) is 5.82 Å². The normalized spacial score (nSPS) is 17.7. The van der Waals surface area contributed by atoms with Gasteiger partial charge >= 0.3 is 0 Å². The van der Waals surface area contributed by atoms with E-state index >= 15 is 0 Å². The van der Waals surface area contributed by atoms with Gasteiger partial charge in [0.15, 0.2) is 0 Å². The van der Waals surface area contributed by atoms with Crippen LogP contribution in [0.3, 0.4) is 0 Å². The van der Waals surface area contributed by atoms with Crippen LogP contribution in [0.2, 0.25) is 0 Å². The second kappa shape index (κ2) is 5.01. The van der Waals surface area contributed by atoms with Crippen molar-refractivity contribution in [2.45, 2.75) is 18.9 Å². The summed E-state index contributed by atoms with van der Waals surface area (Å²) in [5.41, 5.74) is 6.68. The van der Waals surface area contributed by atoms with Gasteiger partial charge in [0, 0.05) is 11.4 Å². The molecule has 1 aliphatic rings. The number of hydrogen-bond acceptors (Lipinski definition) is 5. The van der Waals surface area contributed by atoms with Crippen molar-refractivity contribution in [3.05, 3.63) is 24.3 Å². The fourth-order valence-electron chi connectivity index (χ4n) is 2.55. The highest BCUT2D eigenvalue weighted by molar-refractivity contribution is 5.89. The van der Waals surface area contributed by atoms with Crippen LogP contribution in [0.1, 0.15) is 12.8 Å². The second-order valence-corrected chi connectivity index (χ2v) is 5.17. The highest BCUT2D eigenvalue weighted by Gasteiger charge is 2.18. The Labute approximate surface area is 112 Å². The number of nitrogens with one attached hydrogen (secondary N) is 1. The lowest BCUT2D eigenvalue weighted by Crippen LogP contribution is -2.37. The van der Waals surface area contributed by atoms with Gasteiger partial charge in [0.25, 0.3) is 0 Å². The highest BCUT2D eigenvalue weighted by atomic mass is 15.1. The molecule has 0 saturated carbocycles. The fraction of sp³-hybridized carbons (Fsp3) is 0.429. The van der Waals surface area contributed by atoms with Crippen molar-refractivity contribution in [2.75, 3.05) is 31.2 Å². The Kier molecular flexibility index (Phi) is 3.21. The third-order valence-corrected chi connectivity index (χ3v) is 3.68. The monoisotopic (exact) mass is 257 g/mol. The van der Waals surface area contributed by atoms with Crippen LogP contribution in [0.25, 0.3) is 10.9 Å². The van der Waals surface area contributed by atoms with Crippen molar-refractivity contribution < 1.29 is 0 Å². The number of nitrogens with two attached hydrogens (primary N) is 1. The first-order valence-electron chi connectivity index (χ1n) is 6.70. The molecule has 3 N–H and O–H groups in total. The minimum Gasteiger partial charge on any atom is -0.368 e. The van der Waals surface area contributed by atoms with E-state index in [-0.39, 0.29) is 0 Å². The first-order valence-corrected chi connectivity index (χ1v) is 6.70. The predicted octanol–water partition coefficient (Wildman–Crippen LogP) is 1.72. The summed E-state index contributed by atoms with van der Waals surface area (Å²) in [6.07, 6.45) is 2.27. The number of anilines is 2. The number of benzene rings is 1. The molecule has 0 atom stereocenters. The molecule has 0 amide bonds. The van der Waals surface area contributed by atoms with Gasteiger partial charge in [-0.1, -0.05) is 12.1 Å². The molecule has 1 aromatic heterocycles. The molecule has 100 valence electrons. The van der Waals surface area contributed by atoms with Crippen LogP contribution in [0, 0.1) is 0 Å². The van der Waals surface area contributed by atoms with Crippen LogP contribution >= 0.6 is 0 Å². The molecule has 1 aromatic carbocycles. The average molecular weight is 257 g/mol. The molecule has 5 nitrogen and oxygen atoms in total. The van der Waals surface area contributed by atoms with Gasteiger partial charge in [-0.3, -0.25) is 0 Å². The molecule has 2 aromatic rings. The molecule has 0 aliphatic carbocycles. The molecule has 2 heterocycles. The SMILES string of the molecule is CN1CCC(Nc2nc(N)nc3ccccc23)CC1. The van der Waals surface area contributed by atoms with Crippen molar-refractivity contribution in [2.24, 2.45) is 0 Å². The lowest BCUT2D eigenvalue weighted by molar-refractivity contribution is 0.264. The highest BCUT2D eigenvalue weighted by Crippen LogP contribution is 2.23. The van der Waals surface area contributed by atoms with E-state index in [1.807, 2.05) is 24.3 Å². The van der Waals surface area contributed by atoms with E-state index in [0.29, 0.717) is 12.0 Å². The van der Waals surface area contributed by atoms with E-state index < -0.39 is 0 Å². The Morgan fingerprint density at radius 1 is 1.21 bits per heavy atom. The number of piperidine rings is 1. The van der Waals surface area contributed by atoms with E-state index in [0.717, 1.165) is 42.7 Å². The molecular formula is C14H19N5. The fourth-order valence-corrected chi connectivity index (χ4v) is 2.55. The lowest BCUT2D eigenvalue weighted by Gasteiger charge is -2.30. The van der Waals surface area contributed by atoms with Gasteiger partial charge in [-0.15, -0.1) is 0 Å². The lowest BCUT2D eigenvalue weighted by atomic mass is 10.1. The molecule has 5 heteroatoms. The van der Waals surface area contributed by atoms with Gasteiger partial charge in [0.2, 0.25) is 5.95 Å². The topological polar surface area (TPSA) is 67.1 Å². The van der Waals surface area contributed by atoms with Crippen LogP contribution in [-0.2, 0) is 0 Å². The minimum absolute atomic E-state index is 0.328. The molecule has 1 saturated heterocycles. The van der Waals surface area contributed by atoms with E-state index in [9.17, 15) is 0 Å². The number of fused-ring (bicyclic) bond motifs is 1. The summed E-state index contributed by atoms with van der Waals surface area (Å²) >= 11 is 0. The number of aromatic nitrogens is 2. The maximum atomic E-state index is 5.78. The second-order valence-electron chi connectivity index (χ2n) is 5.17. The molecule has 0 radical (unpaired) electrons. The number of likely N-dealkylation sites (tertiary alicyclic amines) is 1. The molecular weight excluding hydrogens is 238 g/mol. The Bertz CT molecular complexity index is 575. The van der Waals surface area contributed by atoms with Crippen LogP contribution in [0.4, 0.5) is 11.8 Å². The summed E-state index contributed by atoms with van der Waals surface area (Å²) in [6, 6.07) is 8.43. The van der Waals surface area contributed by atoms with Crippen molar-refractivity contribution in [1.29, 1.82) is 0 Å². The van der Waals surface area contributed by atoms with Crippen molar-refractivity contribution in [3.63, 3.8) is 0 Å². The molecule has 1 fully saturated rings. The van der Waals surface area contributed by atoms with Crippen molar-refractivity contribution in [3.8, 4) is 0 Å². The van der Waals surface area contributed by atoms with E-state index in [4.69, 9.17) is 5.73 Å². The van der Waals surface area contributed by atoms with Crippen molar-refractivity contribution >= 4 is 22.7 Å². The summed E-state index contributed by atoms with van der Waals surface area (Å²) in [4.78, 5) is 11.0. The third kappa shape index (κ3) is 2.61. The van der Waals surface area contributed by atoms with Gasteiger partial charge in [0.05, 0.1) is 5.52 Å². The van der Waals surface area contributed by atoms with Gasteiger partial charge in [-0.25, -0.2) is 4.98 Å². The third-order valence-electron chi connectivity index (χ3n) is 3.68. The van der Waals surface area contributed by atoms with Gasteiger partial charge < -0.3 is 16.0 Å². The number of nitrogens with zero attached hydrogens (tertiary/aromatic N) is 3. The zero-order chi connectivity index (χ0) is 13.2. The largest absolute Gasteiger partial charge is 0.368 e. The summed E-state index contributed by atoms with van der Waals surface area (Å²) in [5, 5.41) is 4.57. The summed E-state index contributed by atoms with van der Waals surface area (Å²) in [6.45, 7) is 2.24. The smallest absolute Gasteiger partial charge is 0.222 e. The quantitative estimate of drug-likeness (QED) is 0.857. The number of hydrogen-bond donors (Lipinski definition) is 2.